The van der Waals surface area contributed by atoms with Crippen LogP contribution in [0.5, 0.6) is 0 Å². The van der Waals surface area contributed by atoms with Crippen LogP contribution in [0.2, 0.25) is 0 Å². The van der Waals surface area contributed by atoms with Gasteiger partial charge in [-0.3, -0.25) is 5.14 Å². The van der Waals surface area contributed by atoms with E-state index in [1.165, 1.54) is 4.90 Å². The first-order valence-electron chi connectivity index (χ1n) is 2.47. The van der Waals surface area contributed by atoms with Crippen molar-refractivity contribution in [2.24, 2.45) is 5.14 Å². The van der Waals surface area contributed by atoms with E-state index in [9.17, 15) is 4.79 Å². The molecule has 0 saturated heterocycles. The van der Waals surface area contributed by atoms with Crippen molar-refractivity contribution < 1.29 is 4.79 Å². The van der Waals surface area contributed by atoms with E-state index in [-0.39, 0.29) is 6.03 Å². The molecule has 0 atom stereocenters. The van der Waals surface area contributed by atoms with Crippen molar-refractivity contribution in [3.63, 3.8) is 0 Å². The summed E-state index contributed by atoms with van der Waals surface area (Å²) in [4.78, 5) is 12.1. The van der Waals surface area contributed by atoms with Gasteiger partial charge in [0, 0.05) is 14.1 Å². The SMILES string of the molecule is CNC(=O)N(C)CSN. The first kappa shape index (κ1) is 8.58. The molecule has 9 heavy (non-hydrogen) atoms. The van der Waals surface area contributed by atoms with Crippen LogP contribution in [0.1, 0.15) is 0 Å². The van der Waals surface area contributed by atoms with Crippen LogP contribution in [-0.4, -0.2) is 30.9 Å². The van der Waals surface area contributed by atoms with Crippen molar-refractivity contribution >= 4 is 18.0 Å². The molecule has 0 aliphatic rings. The van der Waals surface area contributed by atoms with Crippen LogP contribution < -0.4 is 10.5 Å². The van der Waals surface area contributed by atoms with E-state index in [1.54, 1.807) is 14.1 Å². The number of urea groups is 1. The van der Waals surface area contributed by atoms with Crippen LogP contribution in [0.3, 0.4) is 0 Å². The average Bonchev–Trinajstić information content (AvgIpc) is 1.87. The van der Waals surface area contributed by atoms with Crippen molar-refractivity contribution in [3.8, 4) is 0 Å². The molecule has 0 spiro atoms. The Kier molecular flexibility index (Phi) is 4.25. The minimum atomic E-state index is -0.118. The van der Waals surface area contributed by atoms with Crippen LogP contribution in [0.15, 0.2) is 0 Å². The van der Waals surface area contributed by atoms with Gasteiger partial charge in [-0.05, 0) is 0 Å². The maximum atomic E-state index is 10.6. The fraction of sp³-hybridized carbons (Fsp3) is 0.750. The lowest BCUT2D eigenvalue weighted by Crippen LogP contribution is -2.34. The third-order valence-electron chi connectivity index (χ3n) is 0.829. The van der Waals surface area contributed by atoms with Crippen molar-refractivity contribution in [1.29, 1.82) is 0 Å². The maximum absolute atomic E-state index is 10.6. The zero-order valence-corrected chi connectivity index (χ0v) is 6.36. The molecule has 5 heteroatoms. The molecule has 0 bridgehead atoms. The summed E-state index contributed by atoms with van der Waals surface area (Å²) >= 11 is 1.12. The highest BCUT2D eigenvalue weighted by Gasteiger charge is 2.02. The zero-order chi connectivity index (χ0) is 7.28. The molecule has 0 aliphatic heterocycles. The third kappa shape index (κ3) is 3.21. The highest BCUT2D eigenvalue weighted by Crippen LogP contribution is 1.90. The Morgan fingerprint density at radius 2 is 2.44 bits per heavy atom. The van der Waals surface area contributed by atoms with Gasteiger partial charge >= 0.3 is 6.03 Å². The second-order valence-corrected chi connectivity index (χ2v) is 2.14. The fourth-order valence-electron chi connectivity index (χ4n) is 0.361. The first-order chi connectivity index (χ1) is 4.22. The molecular formula is C4H11N3OS. The normalized spacial score (nSPS) is 8.78. The van der Waals surface area contributed by atoms with E-state index in [4.69, 9.17) is 5.14 Å². The molecular weight excluding hydrogens is 138 g/mol. The minimum Gasteiger partial charge on any atom is -0.341 e. The summed E-state index contributed by atoms with van der Waals surface area (Å²) in [6.45, 7) is 0. The van der Waals surface area contributed by atoms with Crippen LogP contribution in [0.4, 0.5) is 4.79 Å². The van der Waals surface area contributed by atoms with E-state index in [1.807, 2.05) is 0 Å². The average molecular weight is 149 g/mol. The van der Waals surface area contributed by atoms with Crippen molar-refractivity contribution in [2.75, 3.05) is 20.0 Å². The standard InChI is InChI=1S/C4H11N3OS/c1-6-4(8)7(2)3-9-5/h3,5H2,1-2H3,(H,6,8). The molecule has 0 rings (SSSR count). The molecule has 2 amide bonds. The summed E-state index contributed by atoms with van der Waals surface area (Å²) in [7, 11) is 3.26. The maximum Gasteiger partial charge on any atom is 0.317 e. The molecule has 0 radical (unpaired) electrons. The summed E-state index contributed by atoms with van der Waals surface area (Å²) in [5.74, 6) is 0.514. The number of carbonyl (C=O) groups is 1. The molecule has 0 aromatic rings. The number of hydrogen-bond donors (Lipinski definition) is 2. The molecule has 0 fully saturated rings. The number of nitrogens with zero attached hydrogens (tertiary/aromatic N) is 1. The highest BCUT2D eigenvalue weighted by molar-refractivity contribution is 7.97. The van der Waals surface area contributed by atoms with Crippen molar-refractivity contribution in [1.82, 2.24) is 10.2 Å². The lowest BCUT2D eigenvalue weighted by atomic mass is 10.8. The van der Waals surface area contributed by atoms with Gasteiger partial charge in [-0.1, -0.05) is 11.9 Å². The second-order valence-electron chi connectivity index (χ2n) is 1.55. The third-order valence-corrected chi connectivity index (χ3v) is 1.37. The Morgan fingerprint density at radius 1 is 1.89 bits per heavy atom. The Morgan fingerprint density at radius 3 is 2.78 bits per heavy atom. The Labute approximate surface area is 58.9 Å². The molecule has 0 saturated carbocycles. The smallest absolute Gasteiger partial charge is 0.317 e. The lowest BCUT2D eigenvalue weighted by Gasteiger charge is -2.13. The van der Waals surface area contributed by atoms with E-state index in [0.29, 0.717) is 5.88 Å². The van der Waals surface area contributed by atoms with Crippen LogP contribution in [0.25, 0.3) is 0 Å². The van der Waals surface area contributed by atoms with Gasteiger partial charge in [0.05, 0.1) is 5.88 Å². The summed E-state index contributed by atoms with van der Waals surface area (Å²) in [6, 6.07) is -0.118. The minimum absolute atomic E-state index is 0.118. The van der Waals surface area contributed by atoms with Crippen LogP contribution in [0, 0.1) is 0 Å². The van der Waals surface area contributed by atoms with Gasteiger partial charge in [-0.2, -0.15) is 0 Å². The summed E-state index contributed by atoms with van der Waals surface area (Å²) in [6.07, 6.45) is 0. The summed E-state index contributed by atoms with van der Waals surface area (Å²) < 4.78 is 0. The molecule has 0 aromatic heterocycles. The van der Waals surface area contributed by atoms with Crippen molar-refractivity contribution in [3.05, 3.63) is 0 Å². The number of carbonyl (C=O) groups excluding carboxylic acids is 1. The summed E-state index contributed by atoms with van der Waals surface area (Å²) in [5.41, 5.74) is 0. The number of nitrogens with two attached hydrogens (primary N) is 1. The fourth-order valence-corrected chi connectivity index (χ4v) is 0.702. The number of hydrogen-bond acceptors (Lipinski definition) is 3. The quantitative estimate of drug-likeness (QED) is 0.423. The van der Waals surface area contributed by atoms with Gasteiger partial charge in [0.1, 0.15) is 0 Å². The summed E-state index contributed by atoms with van der Waals surface area (Å²) in [5, 5.41) is 7.58. The van der Waals surface area contributed by atoms with Crippen LogP contribution in [-0.2, 0) is 0 Å². The van der Waals surface area contributed by atoms with Gasteiger partial charge < -0.3 is 10.2 Å². The topological polar surface area (TPSA) is 58.4 Å². The largest absolute Gasteiger partial charge is 0.341 e. The lowest BCUT2D eigenvalue weighted by molar-refractivity contribution is 0.218. The molecule has 0 aromatic carbocycles. The molecule has 3 N–H and O–H groups in total. The van der Waals surface area contributed by atoms with E-state index in [2.05, 4.69) is 5.32 Å². The van der Waals surface area contributed by atoms with Gasteiger partial charge in [0.25, 0.3) is 0 Å². The molecule has 4 nitrogen and oxygen atoms in total. The van der Waals surface area contributed by atoms with E-state index >= 15 is 0 Å². The molecule has 0 aliphatic carbocycles. The molecule has 54 valence electrons. The Hall–Kier alpha value is -0.420. The highest BCUT2D eigenvalue weighted by atomic mass is 32.2. The number of rotatable bonds is 2. The number of amides is 2. The number of nitrogens with one attached hydrogen (secondary N) is 1. The molecule has 0 unspecified atom stereocenters. The predicted octanol–water partition coefficient (Wildman–Crippen LogP) is -0.178. The molecule has 0 heterocycles. The van der Waals surface area contributed by atoms with Gasteiger partial charge in [-0.25, -0.2) is 4.79 Å². The van der Waals surface area contributed by atoms with Gasteiger partial charge in [0.15, 0.2) is 0 Å². The van der Waals surface area contributed by atoms with Gasteiger partial charge in [0.2, 0.25) is 0 Å². The van der Waals surface area contributed by atoms with E-state index < -0.39 is 0 Å². The Bertz CT molecular complexity index is 97.8. The van der Waals surface area contributed by atoms with Gasteiger partial charge in [-0.15, -0.1) is 0 Å². The van der Waals surface area contributed by atoms with Crippen molar-refractivity contribution in [2.45, 2.75) is 0 Å². The monoisotopic (exact) mass is 149 g/mol. The van der Waals surface area contributed by atoms with E-state index in [0.717, 1.165) is 11.9 Å². The predicted molar refractivity (Wildman–Crippen MR) is 38.9 cm³/mol. The second kappa shape index (κ2) is 4.46. The Balaban J connectivity index is 3.45. The first-order valence-corrected chi connectivity index (χ1v) is 3.51. The van der Waals surface area contributed by atoms with Crippen LogP contribution >= 0.6 is 11.9 Å². The zero-order valence-electron chi connectivity index (χ0n) is 5.55.